The first-order chi connectivity index (χ1) is 6.82. The number of amides is 1. The summed E-state index contributed by atoms with van der Waals surface area (Å²) in [7, 11) is 0. The zero-order valence-electron chi connectivity index (χ0n) is 7.38. The van der Waals surface area contributed by atoms with Crippen molar-refractivity contribution in [3.63, 3.8) is 0 Å². The maximum atomic E-state index is 12.2. The number of carbonyl (C=O) groups is 1. The summed E-state index contributed by atoms with van der Waals surface area (Å²) in [5.41, 5.74) is 4.35. The maximum absolute atomic E-state index is 12.2. The SMILES string of the molecule is NC(=O)C(Cl)c1ccc(C(F)(F)F)cc1. The van der Waals surface area contributed by atoms with Gasteiger partial charge in [-0.1, -0.05) is 12.1 Å². The molecule has 2 nitrogen and oxygen atoms in total. The number of halogens is 4. The standard InChI is InChI=1S/C9H7ClF3NO/c10-7(8(14)15)5-1-3-6(4-2-5)9(11,12)13/h1-4,7H,(H2,14,15). The first kappa shape index (κ1) is 11.8. The minimum Gasteiger partial charge on any atom is -0.368 e. The Hall–Kier alpha value is -1.23. The van der Waals surface area contributed by atoms with Crippen molar-refractivity contribution in [2.45, 2.75) is 11.6 Å². The van der Waals surface area contributed by atoms with Crippen LogP contribution < -0.4 is 5.73 Å². The van der Waals surface area contributed by atoms with Crippen molar-refractivity contribution >= 4 is 17.5 Å². The third-order valence-electron chi connectivity index (χ3n) is 1.78. The molecule has 0 aromatic heterocycles. The molecular weight excluding hydrogens is 231 g/mol. The van der Waals surface area contributed by atoms with Gasteiger partial charge in [-0.05, 0) is 17.7 Å². The highest BCUT2D eigenvalue weighted by Gasteiger charge is 2.30. The Bertz CT molecular complexity index is 361. The summed E-state index contributed by atoms with van der Waals surface area (Å²) in [4.78, 5) is 10.6. The second-order valence-corrected chi connectivity index (χ2v) is 3.32. The van der Waals surface area contributed by atoms with E-state index in [0.29, 0.717) is 0 Å². The molecule has 0 spiro atoms. The number of hydrogen-bond acceptors (Lipinski definition) is 1. The van der Waals surface area contributed by atoms with Crippen LogP contribution in [0.15, 0.2) is 24.3 Å². The number of nitrogens with two attached hydrogens (primary N) is 1. The second-order valence-electron chi connectivity index (χ2n) is 2.88. The van der Waals surface area contributed by atoms with Gasteiger partial charge in [-0.25, -0.2) is 0 Å². The van der Waals surface area contributed by atoms with Crippen molar-refractivity contribution in [3.8, 4) is 0 Å². The first-order valence-corrected chi connectivity index (χ1v) is 4.36. The second kappa shape index (κ2) is 4.10. The van der Waals surface area contributed by atoms with Crippen LogP contribution in [0.1, 0.15) is 16.5 Å². The van der Waals surface area contributed by atoms with Crippen LogP contribution >= 0.6 is 11.6 Å². The molecular formula is C9H7ClF3NO. The molecule has 1 amide bonds. The molecule has 15 heavy (non-hydrogen) atoms. The van der Waals surface area contributed by atoms with E-state index < -0.39 is 23.0 Å². The molecule has 2 N–H and O–H groups in total. The minimum atomic E-state index is -4.40. The number of rotatable bonds is 2. The Kier molecular flexibility index (Phi) is 3.24. The van der Waals surface area contributed by atoms with E-state index >= 15 is 0 Å². The quantitative estimate of drug-likeness (QED) is 0.789. The third-order valence-corrected chi connectivity index (χ3v) is 2.25. The zero-order valence-corrected chi connectivity index (χ0v) is 8.14. The summed E-state index contributed by atoms with van der Waals surface area (Å²) in [6, 6.07) is 3.97. The Morgan fingerprint density at radius 2 is 1.73 bits per heavy atom. The molecule has 0 fully saturated rings. The minimum absolute atomic E-state index is 0.247. The van der Waals surface area contributed by atoms with E-state index in [0.717, 1.165) is 24.3 Å². The summed E-state index contributed by atoms with van der Waals surface area (Å²) in [6.07, 6.45) is -4.40. The van der Waals surface area contributed by atoms with E-state index in [1.807, 2.05) is 0 Å². The van der Waals surface area contributed by atoms with E-state index in [1.54, 1.807) is 0 Å². The molecule has 0 heterocycles. The van der Waals surface area contributed by atoms with Crippen molar-refractivity contribution in [3.05, 3.63) is 35.4 Å². The van der Waals surface area contributed by atoms with E-state index in [9.17, 15) is 18.0 Å². The Morgan fingerprint density at radius 1 is 1.27 bits per heavy atom. The topological polar surface area (TPSA) is 43.1 Å². The molecule has 0 radical (unpaired) electrons. The van der Waals surface area contributed by atoms with Crippen molar-refractivity contribution < 1.29 is 18.0 Å². The van der Waals surface area contributed by atoms with Crippen LogP contribution in [0.5, 0.6) is 0 Å². The van der Waals surface area contributed by atoms with E-state index in [1.165, 1.54) is 0 Å². The molecule has 0 saturated carbocycles. The van der Waals surface area contributed by atoms with Gasteiger partial charge in [0.2, 0.25) is 5.91 Å². The van der Waals surface area contributed by atoms with Crippen LogP contribution in [0.25, 0.3) is 0 Å². The molecule has 0 saturated heterocycles. The lowest BCUT2D eigenvalue weighted by atomic mass is 10.1. The Labute approximate surface area is 88.8 Å². The lowest BCUT2D eigenvalue weighted by Crippen LogP contribution is -2.17. The van der Waals surface area contributed by atoms with Crippen LogP contribution in [0, 0.1) is 0 Å². The van der Waals surface area contributed by atoms with Gasteiger partial charge in [0.05, 0.1) is 5.56 Å². The number of hydrogen-bond donors (Lipinski definition) is 1. The largest absolute Gasteiger partial charge is 0.416 e. The van der Waals surface area contributed by atoms with Crippen molar-refractivity contribution in [2.75, 3.05) is 0 Å². The predicted octanol–water partition coefficient (Wildman–Crippen LogP) is 2.47. The lowest BCUT2D eigenvalue weighted by molar-refractivity contribution is -0.137. The van der Waals surface area contributed by atoms with Gasteiger partial charge in [0.15, 0.2) is 0 Å². The third kappa shape index (κ3) is 2.86. The first-order valence-electron chi connectivity index (χ1n) is 3.93. The molecule has 1 unspecified atom stereocenters. The average Bonchev–Trinajstić information content (AvgIpc) is 2.15. The number of alkyl halides is 4. The van der Waals surface area contributed by atoms with Crippen LogP contribution in [0.3, 0.4) is 0 Å². The van der Waals surface area contributed by atoms with Gasteiger partial charge in [0.1, 0.15) is 5.38 Å². The molecule has 1 aromatic carbocycles. The molecule has 82 valence electrons. The molecule has 0 bridgehead atoms. The Balaban J connectivity index is 2.95. The van der Waals surface area contributed by atoms with Crippen molar-refractivity contribution in [1.82, 2.24) is 0 Å². The smallest absolute Gasteiger partial charge is 0.368 e. The van der Waals surface area contributed by atoms with Gasteiger partial charge < -0.3 is 5.73 Å². The molecule has 6 heteroatoms. The number of benzene rings is 1. The van der Waals surface area contributed by atoms with Gasteiger partial charge in [0, 0.05) is 0 Å². The predicted molar refractivity (Wildman–Crippen MR) is 49.2 cm³/mol. The van der Waals surface area contributed by atoms with Crippen LogP contribution in [0.2, 0.25) is 0 Å². The van der Waals surface area contributed by atoms with Gasteiger partial charge in [0.25, 0.3) is 0 Å². The monoisotopic (exact) mass is 237 g/mol. The lowest BCUT2D eigenvalue weighted by Gasteiger charge is -2.09. The van der Waals surface area contributed by atoms with E-state index in [-0.39, 0.29) is 5.56 Å². The van der Waals surface area contributed by atoms with Crippen LogP contribution in [0.4, 0.5) is 13.2 Å². The molecule has 1 rings (SSSR count). The van der Waals surface area contributed by atoms with Crippen molar-refractivity contribution in [1.29, 1.82) is 0 Å². The highest BCUT2D eigenvalue weighted by Crippen LogP contribution is 2.30. The highest BCUT2D eigenvalue weighted by molar-refractivity contribution is 6.30. The zero-order chi connectivity index (χ0) is 11.6. The van der Waals surface area contributed by atoms with Gasteiger partial charge in [-0.3, -0.25) is 4.79 Å². The molecule has 1 aromatic rings. The summed E-state index contributed by atoms with van der Waals surface area (Å²) < 4.78 is 36.5. The average molecular weight is 238 g/mol. The molecule has 0 aliphatic carbocycles. The Morgan fingerprint density at radius 3 is 2.07 bits per heavy atom. The number of primary amides is 1. The summed E-state index contributed by atoms with van der Waals surface area (Å²) in [5.74, 6) is -0.795. The van der Waals surface area contributed by atoms with Gasteiger partial charge >= 0.3 is 6.18 Å². The van der Waals surface area contributed by atoms with Crippen LogP contribution in [-0.2, 0) is 11.0 Å². The van der Waals surface area contributed by atoms with E-state index in [2.05, 4.69) is 0 Å². The maximum Gasteiger partial charge on any atom is 0.416 e. The summed E-state index contributed by atoms with van der Waals surface area (Å²) in [6.45, 7) is 0. The van der Waals surface area contributed by atoms with Gasteiger partial charge in [-0.15, -0.1) is 11.6 Å². The van der Waals surface area contributed by atoms with Crippen LogP contribution in [-0.4, -0.2) is 5.91 Å². The fraction of sp³-hybridized carbons (Fsp3) is 0.222. The molecule has 1 atom stereocenters. The molecule has 0 aliphatic rings. The molecule has 0 aliphatic heterocycles. The summed E-state index contributed by atoms with van der Waals surface area (Å²) >= 11 is 5.55. The van der Waals surface area contributed by atoms with Gasteiger partial charge in [-0.2, -0.15) is 13.2 Å². The fourth-order valence-corrected chi connectivity index (χ4v) is 1.15. The highest BCUT2D eigenvalue weighted by atomic mass is 35.5. The summed E-state index contributed by atoms with van der Waals surface area (Å²) in [5, 5.41) is -1.10. The van der Waals surface area contributed by atoms with E-state index in [4.69, 9.17) is 17.3 Å². The number of carbonyl (C=O) groups excluding carboxylic acids is 1. The van der Waals surface area contributed by atoms with Crippen molar-refractivity contribution in [2.24, 2.45) is 5.73 Å². The normalized spacial score (nSPS) is 13.6. The fourth-order valence-electron chi connectivity index (χ4n) is 1.01.